The van der Waals surface area contributed by atoms with Gasteiger partial charge in [-0.2, -0.15) is 0 Å². The summed E-state index contributed by atoms with van der Waals surface area (Å²) in [5, 5.41) is 12.5. The van der Waals surface area contributed by atoms with Crippen LogP contribution in [0.15, 0.2) is 65.5 Å². The van der Waals surface area contributed by atoms with Crippen LogP contribution >= 0.6 is 0 Å². The smallest absolute Gasteiger partial charge is 0.260 e. The van der Waals surface area contributed by atoms with E-state index in [-0.39, 0.29) is 11.4 Å². The van der Waals surface area contributed by atoms with E-state index in [1.807, 2.05) is 61.5 Å². The van der Waals surface area contributed by atoms with Gasteiger partial charge in [0.15, 0.2) is 0 Å². The number of aromatic nitrogens is 2. The molecule has 2 aromatic heterocycles. The van der Waals surface area contributed by atoms with Crippen LogP contribution in [-0.4, -0.2) is 14.2 Å². The van der Waals surface area contributed by atoms with Crippen LogP contribution < -0.4 is 5.56 Å². The molecule has 0 unspecified atom stereocenters. The van der Waals surface area contributed by atoms with Crippen molar-refractivity contribution in [1.82, 2.24) is 9.13 Å². The summed E-state index contributed by atoms with van der Waals surface area (Å²) in [5.41, 5.74) is 2.21. The minimum atomic E-state index is -0.237. The maximum absolute atomic E-state index is 12.6. The molecule has 2 aromatic carbocycles. The van der Waals surface area contributed by atoms with Crippen LogP contribution in [0.3, 0.4) is 0 Å². The molecule has 23 heavy (non-hydrogen) atoms. The van der Waals surface area contributed by atoms with Crippen LogP contribution in [0.25, 0.3) is 27.5 Å². The Morgan fingerprint density at radius 2 is 1.65 bits per heavy atom. The summed E-state index contributed by atoms with van der Waals surface area (Å²) < 4.78 is 3.41. The molecular weight excluding hydrogens is 288 g/mol. The van der Waals surface area contributed by atoms with E-state index in [1.165, 1.54) is 4.57 Å². The Morgan fingerprint density at radius 1 is 0.957 bits per heavy atom. The lowest BCUT2D eigenvalue weighted by molar-refractivity contribution is 0.443. The highest BCUT2D eigenvalue weighted by molar-refractivity contribution is 6.10. The molecule has 4 rings (SSSR count). The fourth-order valence-corrected chi connectivity index (χ4v) is 3.27. The molecular formula is C19H16N2O2. The molecule has 0 saturated heterocycles. The van der Waals surface area contributed by atoms with Gasteiger partial charge in [0, 0.05) is 23.5 Å². The third kappa shape index (κ3) is 1.88. The molecule has 0 spiro atoms. The van der Waals surface area contributed by atoms with Gasteiger partial charge in [0.1, 0.15) is 0 Å². The van der Waals surface area contributed by atoms with Crippen molar-refractivity contribution in [3.63, 3.8) is 0 Å². The van der Waals surface area contributed by atoms with Gasteiger partial charge in [-0.15, -0.1) is 0 Å². The Morgan fingerprint density at radius 3 is 2.39 bits per heavy atom. The number of fused-ring (bicyclic) bond motifs is 3. The van der Waals surface area contributed by atoms with Crippen molar-refractivity contribution in [3.05, 3.63) is 71.0 Å². The Balaban J connectivity index is 2.21. The zero-order valence-electron chi connectivity index (χ0n) is 12.7. The van der Waals surface area contributed by atoms with Crippen molar-refractivity contribution in [1.29, 1.82) is 0 Å². The number of pyridine rings is 1. The molecule has 0 saturated carbocycles. The summed E-state index contributed by atoms with van der Waals surface area (Å²) in [7, 11) is 0. The standard InChI is InChI=1S/C19H16N2O2/c1-2-20-15-11-7-6-10-14(15)18-16(20)12-17(22)21(19(18)23)13-8-4-3-5-9-13/h3-12,23H,2H2,1H3. The molecule has 4 heteroatoms. The van der Waals surface area contributed by atoms with Crippen LogP contribution in [-0.2, 0) is 6.54 Å². The second kappa shape index (κ2) is 5.02. The van der Waals surface area contributed by atoms with E-state index in [2.05, 4.69) is 4.57 Å². The quantitative estimate of drug-likeness (QED) is 0.614. The molecule has 0 fully saturated rings. The number of nitrogens with zero attached hydrogens (tertiary/aromatic N) is 2. The monoisotopic (exact) mass is 304 g/mol. The van der Waals surface area contributed by atoms with Gasteiger partial charge in [0.2, 0.25) is 5.88 Å². The Labute approximate surface area is 132 Å². The molecule has 4 aromatic rings. The van der Waals surface area contributed by atoms with E-state index in [0.29, 0.717) is 11.1 Å². The third-order valence-corrected chi connectivity index (χ3v) is 4.26. The number of rotatable bonds is 2. The van der Waals surface area contributed by atoms with Gasteiger partial charge >= 0.3 is 0 Å². The highest BCUT2D eigenvalue weighted by Crippen LogP contribution is 2.34. The lowest BCUT2D eigenvalue weighted by Crippen LogP contribution is -2.17. The fraction of sp³-hybridized carbons (Fsp3) is 0.105. The number of benzene rings is 2. The van der Waals surface area contributed by atoms with E-state index in [4.69, 9.17) is 0 Å². The number of aromatic hydroxyl groups is 1. The minimum absolute atomic E-state index is 0.0119. The Hall–Kier alpha value is -3.01. The maximum Gasteiger partial charge on any atom is 0.260 e. The Kier molecular flexibility index (Phi) is 2.98. The van der Waals surface area contributed by atoms with Crippen molar-refractivity contribution in [2.45, 2.75) is 13.5 Å². The van der Waals surface area contributed by atoms with E-state index in [0.717, 1.165) is 23.0 Å². The molecule has 4 nitrogen and oxygen atoms in total. The normalized spacial score (nSPS) is 11.3. The summed E-state index contributed by atoms with van der Waals surface area (Å²) in [6, 6.07) is 18.7. The van der Waals surface area contributed by atoms with Crippen molar-refractivity contribution in [2.24, 2.45) is 0 Å². The molecule has 0 amide bonds. The van der Waals surface area contributed by atoms with E-state index < -0.39 is 0 Å². The summed E-state index contributed by atoms with van der Waals surface area (Å²) in [6.45, 7) is 2.77. The van der Waals surface area contributed by atoms with Gasteiger partial charge in [-0.25, -0.2) is 4.57 Å². The van der Waals surface area contributed by atoms with Gasteiger partial charge in [-0.3, -0.25) is 4.79 Å². The lowest BCUT2D eigenvalue weighted by Gasteiger charge is -2.10. The van der Waals surface area contributed by atoms with Gasteiger partial charge in [0.05, 0.1) is 16.6 Å². The van der Waals surface area contributed by atoms with Crippen LogP contribution in [0.4, 0.5) is 0 Å². The van der Waals surface area contributed by atoms with Gasteiger partial charge in [0.25, 0.3) is 5.56 Å². The largest absolute Gasteiger partial charge is 0.494 e. The average molecular weight is 304 g/mol. The molecule has 0 bridgehead atoms. The van der Waals surface area contributed by atoms with Crippen molar-refractivity contribution < 1.29 is 5.11 Å². The van der Waals surface area contributed by atoms with E-state index in [1.54, 1.807) is 6.07 Å². The number of aryl methyl sites for hydroxylation is 1. The minimum Gasteiger partial charge on any atom is -0.494 e. The van der Waals surface area contributed by atoms with E-state index >= 15 is 0 Å². The fourth-order valence-electron chi connectivity index (χ4n) is 3.27. The van der Waals surface area contributed by atoms with Crippen LogP contribution in [0, 0.1) is 0 Å². The highest BCUT2D eigenvalue weighted by Gasteiger charge is 2.17. The number of hydrogen-bond donors (Lipinski definition) is 1. The zero-order chi connectivity index (χ0) is 16.0. The van der Waals surface area contributed by atoms with Crippen LogP contribution in [0.2, 0.25) is 0 Å². The zero-order valence-corrected chi connectivity index (χ0v) is 12.7. The number of hydrogen-bond acceptors (Lipinski definition) is 2. The first-order chi connectivity index (χ1) is 11.2. The summed E-state index contributed by atoms with van der Waals surface area (Å²) in [6.07, 6.45) is 0. The molecule has 0 aliphatic carbocycles. The predicted molar refractivity (Wildman–Crippen MR) is 92.4 cm³/mol. The van der Waals surface area contributed by atoms with Crippen LogP contribution in [0.5, 0.6) is 5.88 Å². The predicted octanol–water partition coefficient (Wildman–Crippen LogP) is 3.67. The first-order valence-electron chi connectivity index (χ1n) is 7.63. The molecule has 0 aliphatic heterocycles. The highest BCUT2D eigenvalue weighted by atomic mass is 16.3. The first kappa shape index (κ1) is 13.6. The molecule has 114 valence electrons. The molecule has 0 atom stereocenters. The van der Waals surface area contributed by atoms with Crippen molar-refractivity contribution in [2.75, 3.05) is 0 Å². The molecule has 0 aliphatic rings. The summed E-state index contributed by atoms with van der Waals surface area (Å²) in [5.74, 6) is -0.0119. The lowest BCUT2D eigenvalue weighted by atomic mass is 10.2. The number of para-hydroxylation sites is 2. The topological polar surface area (TPSA) is 47.2 Å². The second-order valence-corrected chi connectivity index (χ2v) is 5.50. The van der Waals surface area contributed by atoms with Crippen LogP contribution in [0.1, 0.15) is 6.92 Å². The van der Waals surface area contributed by atoms with Gasteiger partial charge in [-0.1, -0.05) is 36.4 Å². The molecule has 2 heterocycles. The molecule has 1 N–H and O–H groups in total. The average Bonchev–Trinajstić information content (AvgIpc) is 2.89. The van der Waals surface area contributed by atoms with Gasteiger partial charge in [-0.05, 0) is 25.1 Å². The van der Waals surface area contributed by atoms with E-state index in [9.17, 15) is 9.90 Å². The van der Waals surface area contributed by atoms with Crippen molar-refractivity contribution in [3.8, 4) is 11.6 Å². The summed E-state index contributed by atoms with van der Waals surface area (Å²) in [4.78, 5) is 12.6. The van der Waals surface area contributed by atoms with Gasteiger partial charge < -0.3 is 9.67 Å². The van der Waals surface area contributed by atoms with Crippen molar-refractivity contribution >= 4 is 21.8 Å². The molecule has 0 radical (unpaired) electrons. The maximum atomic E-state index is 12.6. The Bertz CT molecular complexity index is 1080. The second-order valence-electron chi connectivity index (χ2n) is 5.50. The SMILES string of the molecule is CCn1c2ccccc2c2c(O)n(-c3ccccc3)c(=O)cc21. The third-order valence-electron chi connectivity index (χ3n) is 4.26. The summed E-state index contributed by atoms with van der Waals surface area (Å²) >= 11 is 0. The first-order valence-corrected chi connectivity index (χ1v) is 7.63.